The first-order chi connectivity index (χ1) is 21.9. The predicted molar refractivity (Wildman–Crippen MR) is 174 cm³/mol. The Morgan fingerprint density at radius 3 is 2.17 bits per heavy atom. The SMILES string of the molecule is CC(C)CN(C[C@@H](O)[C@H](Cc1ccccc1)NC(=O)[C@H](NC(=O)OCc1ccccn1)C(C)C)S(=O)(=O)c1ccc(CN=O)cc1. The number of pyridine rings is 1. The topological polar surface area (TPSA) is 167 Å². The highest BCUT2D eigenvalue weighted by atomic mass is 32.2. The number of alkyl carbamates (subject to hydrolysis) is 1. The Bertz CT molecular complexity index is 1500. The van der Waals surface area contributed by atoms with Gasteiger partial charge < -0.3 is 20.5 Å². The highest BCUT2D eigenvalue weighted by Crippen LogP contribution is 2.20. The van der Waals surface area contributed by atoms with E-state index in [2.05, 4.69) is 20.8 Å². The van der Waals surface area contributed by atoms with Gasteiger partial charge in [-0.15, -0.1) is 0 Å². The zero-order valence-electron chi connectivity index (χ0n) is 26.6. The third-order valence-electron chi connectivity index (χ3n) is 7.16. The third-order valence-corrected chi connectivity index (χ3v) is 9.00. The van der Waals surface area contributed by atoms with Crippen molar-refractivity contribution >= 4 is 22.0 Å². The summed E-state index contributed by atoms with van der Waals surface area (Å²) in [4.78, 5) is 41.0. The number of carbonyl (C=O) groups excluding carboxylic acids is 2. The summed E-state index contributed by atoms with van der Waals surface area (Å²) in [5.74, 6) is -0.969. The van der Waals surface area contributed by atoms with Crippen LogP contribution in [0.15, 0.2) is 89.1 Å². The lowest BCUT2D eigenvalue weighted by Gasteiger charge is -2.32. The summed E-state index contributed by atoms with van der Waals surface area (Å²) in [6.45, 7) is 6.91. The molecule has 2 aromatic carbocycles. The molecule has 1 aromatic heterocycles. The van der Waals surface area contributed by atoms with Gasteiger partial charge in [0.25, 0.3) is 0 Å². The van der Waals surface area contributed by atoms with Crippen molar-refractivity contribution in [2.24, 2.45) is 17.0 Å². The molecule has 3 N–H and O–H groups in total. The molecule has 0 aliphatic heterocycles. The fourth-order valence-electron chi connectivity index (χ4n) is 4.75. The Labute approximate surface area is 270 Å². The molecule has 2 amide bonds. The van der Waals surface area contributed by atoms with E-state index in [1.807, 2.05) is 44.2 Å². The minimum Gasteiger partial charge on any atom is -0.443 e. The van der Waals surface area contributed by atoms with Crippen LogP contribution in [-0.4, -0.2) is 66.1 Å². The molecular formula is C33H43N5O7S. The van der Waals surface area contributed by atoms with E-state index >= 15 is 0 Å². The molecule has 0 fully saturated rings. The second-order valence-corrected chi connectivity index (χ2v) is 13.7. The minimum absolute atomic E-state index is 0.00642. The van der Waals surface area contributed by atoms with Gasteiger partial charge in [0, 0.05) is 19.3 Å². The number of amides is 2. The van der Waals surface area contributed by atoms with Crippen LogP contribution in [0.25, 0.3) is 0 Å². The summed E-state index contributed by atoms with van der Waals surface area (Å²) in [5.41, 5.74) is 1.93. The summed E-state index contributed by atoms with van der Waals surface area (Å²) in [6, 6.07) is 18.4. The number of carbonyl (C=O) groups is 2. The van der Waals surface area contributed by atoms with Crippen molar-refractivity contribution in [2.75, 3.05) is 13.1 Å². The first-order valence-electron chi connectivity index (χ1n) is 15.1. The van der Waals surface area contributed by atoms with Crippen molar-refractivity contribution in [2.45, 2.75) is 70.4 Å². The number of aliphatic hydroxyl groups is 1. The summed E-state index contributed by atoms with van der Waals surface area (Å²) < 4.78 is 33.9. The van der Waals surface area contributed by atoms with Crippen molar-refractivity contribution in [1.29, 1.82) is 0 Å². The molecule has 0 spiro atoms. The molecule has 0 saturated heterocycles. The second-order valence-electron chi connectivity index (χ2n) is 11.8. The third kappa shape index (κ3) is 11.0. The van der Waals surface area contributed by atoms with Gasteiger partial charge in [0.1, 0.15) is 19.2 Å². The van der Waals surface area contributed by atoms with Gasteiger partial charge in [-0.25, -0.2) is 13.2 Å². The van der Waals surface area contributed by atoms with Crippen LogP contribution in [0.2, 0.25) is 0 Å². The van der Waals surface area contributed by atoms with E-state index in [9.17, 15) is 28.0 Å². The molecule has 46 heavy (non-hydrogen) atoms. The fraction of sp³-hybridized carbons (Fsp3) is 0.424. The van der Waals surface area contributed by atoms with Crippen LogP contribution >= 0.6 is 0 Å². The number of aliphatic hydroxyl groups excluding tert-OH is 1. The molecule has 0 radical (unpaired) electrons. The average Bonchev–Trinajstić information content (AvgIpc) is 3.03. The second kappa shape index (κ2) is 17.5. The van der Waals surface area contributed by atoms with Gasteiger partial charge in [-0.1, -0.05) is 81.4 Å². The maximum Gasteiger partial charge on any atom is 0.408 e. The number of nitroso groups, excluding NO2 is 1. The monoisotopic (exact) mass is 653 g/mol. The fourth-order valence-corrected chi connectivity index (χ4v) is 6.38. The first kappa shape index (κ1) is 36.3. The molecule has 0 aliphatic rings. The normalized spacial score (nSPS) is 13.7. The molecule has 0 bridgehead atoms. The summed E-state index contributed by atoms with van der Waals surface area (Å²) in [7, 11) is -4.06. The van der Waals surface area contributed by atoms with E-state index in [1.54, 1.807) is 38.2 Å². The number of rotatable bonds is 17. The van der Waals surface area contributed by atoms with E-state index in [4.69, 9.17) is 4.74 Å². The number of ether oxygens (including phenoxy) is 1. The Balaban J connectivity index is 1.81. The number of benzene rings is 2. The summed E-state index contributed by atoms with van der Waals surface area (Å²) in [5, 5.41) is 19.9. The number of nitrogens with one attached hydrogen (secondary N) is 2. The van der Waals surface area contributed by atoms with Crippen LogP contribution in [0, 0.1) is 16.7 Å². The van der Waals surface area contributed by atoms with E-state index in [-0.39, 0.29) is 49.4 Å². The Hall–Kier alpha value is -4.20. The number of hydrogen-bond acceptors (Lipinski definition) is 9. The number of nitrogens with zero attached hydrogens (tertiary/aromatic N) is 3. The van der Waals surface area contributed by atoms with E-state index in [1.165, 1.54) is 28.6 Å². The van der Waals surface area contributed by atoms with Gasteiger partial charge in [0.15, 0.2) is 0 Å². The van der Waals surface area contributed by atoms with Crippen molar-refractivity contribution in [3.8, 4) is 0 Å². The molecule has 3 rings (SSSR count). The van der Waals surface area contributed by atoms with Gasteiger partial charge in [-0.3, -0.25) is 9.78 Å². The highest BCUT2D eigenvalue weighted by Gasteiger charge is 2.33. The lowest BCUT2D eigenvalue weighted by molar-refractivity contribution is -0.125. The molecule has 0 saturated carbocycles. The highest BCUT2D eigenvalue weighted by molar-refractivity contribution is 7.89. The number of aromatic nitrogens is 1. The quantitative estimate of drug-likeness (QED) is 0.184. The predicted octanol–water partition coefficient (Wildman–Crippen LogP) is 4.03. The summed E-state index contributed by atoms with van der Waals surface area (Å²) in [6.07, 6.45) is -0.342. The first-order valence-corrected chi connectivity index (χ1v) is 16.6. The van der Waals surface area contributed by atoms with Gasteiger partial charge in [0.05, 0.1) is 22.7 Å². The molecule has 3 atom stereocenters. The Morgan fingerprint density at radius 1 is 0.913 bits per heavy atom. The van der Waals surface area contributed by atoms with Crippen LogP contribution < -0.4 is 10.6 Å². The molecule has 3 aromatic rings. The van der Waals surface area contributed by atoms with Crippen LogP contribution in [0.3, 0.4) is 0 Å². The van der Waals surface area contributed by atoms with Crippen LogP contribution in [0.5, 0.6) is 0 Å². The lowest BCUT2D eigenvalue weighted by Crippen LogP contribution is -2.57. The standard InChI is InChI=1S/C33H43N5O7S/c1-23(2)20-38(46(43,44)28-15-13-26(14-16-28)19-35-42)21-30(39)29(18-25-10-6-5-7-11-25)36-32(40)31(24(3)4)37-33(41)45-22-27-12-8-9-17-34-27/h5-17,23-24,29-31,39H,18-22H2,1-4H3,(H,36,40)(H,37,41)/t29-,30+,31+/m0/s1. The molecule has 0 aliphatic carbocycles. The molecule has 0 unspecified atom stereocenters. The van der Waals surface area contributed by atoms with Crippen molar-refractivity contribution in [3.63, 3.8) is 0 Å². The zero-order chi connectivity index (χ0) is 33.7. The average molecular weight is 654 g/mol. The maximum absolute atomic E-state index is 13.7. The van der Waals surface area contributed by atoms with Gasteiger partial charge in [-0.05, 0) is 53.6 Å². The van der Waals surface area contributed by atoms with Crippen molar-refractivity contribution < 1.29 is 27.9 Å². The van der Waals surface area contributed by atoms with Gasteiger partial charge >= 0.3 is 6.09 Å². The summed E-state index contributed by atoms with van der Waals surface area (Å²) >= 11 is 0. The number of sulfonamides is 1. The van der Waals surface area contributed by atoms with E-state index in [0.717, 1.165) is 5.56 Å². The van der Waals surface area contributed by atoms with Crippen molar-refractivity contribution in [1.82, 2.24) is 19.9 Å². The largest absolute Gasteiger partial charge is 0.443 e. The van der Waals surface area contributed by atoms with Crippen LogP contribution in [-0.2, 0) is 39.1 Å². The molecule has 13 heteroatoms. The van der Waals surface area contributed by atoms with Crippen molar-refractivity contribution in [3.05, 3.63) is 101 Å². The zero-order valence-corrected chi connectivity index (χ0v) is 27.4. The van der Waals surface area contributed by atoms with Crippen LogP contribution in [0.1, 0.15) is 44.5 Å². The number of hydrogen-bond donors (Lipinski definition) is 3. The van der Waals surface area contributed by atoms with E-state index < -0.39 is 40.2 Å². The van der Waals surface area contributed by atoms with E-state index in [0.29, 0.717) is 11.3 Å². The Kier molecular flexibility index (Phi) is 13.8. The lowest BCUT2D eigenvalue weighted by atomic mass is 9.98. The smallest absolute Gasteiger partial charge is 0.408 e. The molecule has 1 heterocycles. The molecular weight excluding hydrogens is 610 g/mol. The van der Waals surface area contributed by atoms with Crippen LogP contribution in [0.4, 0.5) is 4.79 Å². The molecule has 12 nitrogen and oxygen atoms in total. The maximum atomic E-state index is 13.7. The minimum atomic E-state index is -4.06. The Morgan fingerprint density at radius 2 is 1.59 bits per heavy atom. The van der Waals surface area contributed by atoms with Gasteiger partial charge in [-0.2, -0.15) is 9.21 Å². The molecule has 248 valence electrons. The van der Waals surface area contributed by atoms with Gasteiger partial charge in [0.2, 0.25) is 15.9 Å².